The molecule has 7 heteroatoms. The Morgan fingerprint density at radius 1 is 1.31 bits per heavy atom. The first-order valence-corrected chi connectivity index (χ1v) is 5.96. The van der Waals surface area contributed by atoms with Gasteiger partial charge in [0.1, 0.15) is 23.7 Å². The van der Waals surface area contributed by atoms with Crippen LogP contribution < -0.4 is 0 Å². The van der Waals surface area contributed by atoms with Crippen LogP contribution in [-0.2, 0) is 14.3 Å². The van der Waals surface area contributed by atoms with Crippen LogP contribution in [0, 0.1) is 0 Å². The second-order valence-electron chi connectivity index (χ2n) is 3.38. The SMILES string of the molecule is CCSC1O[C@H](C(=O)OC)[C@@H](O)[C@H](O)[C@H]1O. The first-order chi connectivity index (χ1) is 7.52. The van der Waals surface area contributed by atoms with Gasteiger partial charge in [-0.15, -0.1) is 11.8 Å². The summed E-state index contributed by atoms with van der Waals surface area (Å²) in [5, 5.41) is 28.7. The van der Waals surface area contributed by atoms with Gasteiger partial charge in [0, 0.05) is 0 Å². The molecule has 5 atom stereocenters. The van der Waals surface area contributed by atoms with E-state index in [2.05, 4.69) is 4.74 Å². The lowest BCUT2D eigenvalue weighted by molar-refractivity contribution is -0.211. The van der Waals surface area contributed by atoms with Gasteiger partial charge in [-0.1, -0.05) is 6.92 Å². The number of aliphatic hydroxyl groups is 3. The van der Waals surface area contributed by atoms with E-state index in [1.54, 1.807) is 0 Å². The van der Waals surface area contributed by atoms with Crippen molar-refractivity contribution in [2.45, 2.75) is 36.8 Å². The number of hydrogen-bond acceptors (Lipinski definition) is 7. The number of hydrogen-bond donors (Lipinski definition) is 3. The highest BCUT2D eigenvalue weighted by Gasteiger charge is 2.47. The third kappa shape index (κ3) is 2.67. The van der Waals surface area contributed by atoms with Crippen molar-refractivity contribution >= 4 is 17.7 Å². The predicted octanol–water partition coefficient (Wildman–Crippen LogP) is -1.28. The van der Waals surface area contributed by atoms with Gasteiger partial charge in [-0.3, -0.25) is 0 Å². The molecule has 0 aromatic carbocycles. The molecule has 1 unspecified atom stereocenters. The minimum Gasteiger partial charge on any atom is -0.467 e. The maximum absolute atomic E-state index is 11.3. The Hall–Kier alpha value is -0.340. The summed E-state index contributed by atoms with van der Waals surface area (Å²) < 4.78 is 9.65. The van der Waals surface area contributed by atoms with Crippen molar-refractivity contribution in [3.05, 3.63) is 0 Å². The zero-order valence-corrected chi connectivity index (χ0v) is 9.88. The Morgan fingerprint density at radius 3 is 2.44 bits per heavy atom. The summed E-state index contributed by atoms with van der Waals surface area (Å²) in [6.45, 7) is 1.85. The van der Waals surface area contributed by atoms with Crippen molar-refractivity contribution in [3.63, 3.8) is 0 Å². The van der Waals surface area contributed by atoms with E-state index < -0.39 is 35.8 Å². The minimum absolute atomic E-state index is 0.651. The van der Waals surface area contributed by atoms with E-state index >= 15 is 0 Å². The van der Waals surface area contributed by atoms with E-state index in [1.807, 2.05) is 6.92 Å². The van der Waals surface area contributed by atoms with Crippen LogP contribution in [0.1, 0.15) is 6.92 Å². The lowest BCUT2D eigenvalue weighted by Crippen LogP contribution is -2.59. The highest BCUT2D eigenvalue weighted by atomic mass is 32.2. The molecule has 3 N–H and O–H groups in total. The summed E-state index contributed by atoms with van der Waals surface area (Å²) in [6.07, 6.45) is -5.37. The second kappa shape index (κ2) is 5.83. The van der Waals surface area contributed by atoms with E-state index in [0.717, 1.165) is 7.11 Å². The van der Waals surface area contributed by atoms with E-state index in [-0.39, 0.29) is 0 Å². The largest absolute Gasteiger partial charge is 0.467 e. The molecule has 16 heavy (non-hydrogen) atoms. The molecule has 0 amide bonds. The van der Waals surface area contributed by atoms with Gasteiger partial charge in [0.25, 0.3) is 0 Å². The Labute approximate surface area is 97.5 Å². The number of esters is 1. The molecule has 0 aliphatic carbocycles. The number of thioether (sulfide) groups is 1. The summed E-state index contributed by atoms with van der Waals surface area (Å²) in [6, 6.07) is 0. The quantitative estimate of drug-likeness (QED) is 0.538. The molecule has 1 heterocycles. The van der Waals surface area contributed by atoms with Gasteiger partial charge in [-0.25, -0.2) is 4.79 Å². The first-order valence-electron chi connectivity index (χ1n) is 4.92. The van der Waals surface area contributed by atoms with Gasteiger partial charge in [-0.05, 0) is 5.75 Å². The Morgan fingerprint density at radius 2 is 1.94 bits per heavy atom. The van der Waals surface area contributed by atoms with E-state index in [1.165, 1.54) is 11.8 Å². The van der Waals surface area contributed by atoms with Crippen LogP contribution in [0.3, 0.4) is 0 Å². The molecule has 1 rings (SSSR count). The smallest absolute Gasteiger partial charge is 0.337 e. The van der Waals surface area contributed by atoms with Crippen LogP contribution in [0.4, 0.5) is 0 Å². The molecule has 0 aromatic rings. The predicted molar refractivity (Wildman–Crippen MR) is 56.8 cm³/mol. The average Bonchev–Trinajstić information content (AvgIpc) is 2.29. The van der Waals surface area contributed by atoms with Gasteiger partial charge < -0.3 is 24.8 Å². The molecule has 0 bridgehead atoms. The molecule has 1 aliphatic heterocycles. The van der Waals surface area contributed by atoms with Gasteiger partial charge >= 0.3 is 5.97 Å². The third-order valence-corrected chi connectivity index (χ3v) is 3.39. The number of rotatable bonds is 3. The molecular weight excluding hydrogens is 236 g/mol. The normalized spacial score (nSPS) is 39.4. The van der Waals surface area contributed by atoms with Crippen LogP contribution in [0.5, 0.6) is 0 Å². The molecule has 0 spiro atoms. The number of aliphatic hydroxyl groups excluding tert-OH is 3. The molecular formula is C9H16O6S. The maximum atomic E-state index is 11.3. The molecule has 0 saturated carbocycles. The minimum atomic E-state index is -1.48. The Kier molecular flexibility index (Phi) is 5.00. The fraction of sp³-hybridized carbons (Fsp3) is 0.889. The van der Waals surface area contributed by atoms with Crippen LogP contribution in [0.15, 0.2) is 0 Å². The van der Waals surface area contributed by atoms with E-state index in [4.69, 9.17) is 4.74 Å². The van der Waals surface area contributed by atoms with E-state index in [9.17, 15) is 20.1 Å². The highest BCUT2D eigenvalue weighted by Crippen LogP contribution is 2.28. The zero-order chi connectivity index (χ0) is 12.3. The molecule has 0 radical (unpaired) electrons. The number of carbonyl (C=O) groups excluding carboxylic acids is 1. The highest BCUT2D eigenvalue weighted by molar-refractivity contribution is 7.99. The second-order valence-corrected chi connectivity index (χ2v) is 4.75. The summed E-state index contributed by atoms with van der Waals surface area (Å²) in [4.78, 5) is 11.3. The summed E-state index contributed by atoms with van der Waals surface area (Å²) in [5.41, 5.74) is -0.743. The monoisotopic (exact) mass is 252 g/mol. The molecule has 0 aromatic heterocycles. The summed E-state index contributed by atoms with van der Waals surface area (Å²) >= 11 is 1.25. The lowest BCUT2D eigenvalue weighted by atomic mass is 10.00. The maximum Gasteiger partial charge on any atom is 0.337 e. The van der Waals surface area contributed by atoms with Gasteiger partial charge in [-0.2, -0.15) is 0 Å². The molecule has 1 fully saturated rings. The fourth-order valence-corrected chi connectivity index (χ4v) is 2.35. The number of methoxy groups -OCH3 is 1. The van der Waals surface area contributed by atoms with Gasteiger partial charge in [0.2, 0.25) is 0 Å². The summed E-state index contributed by atoms with van der Waals surface area (Å²) in [5.74, 6) is -0.113. The van der Waals surface area contributed by atoms with Crippen molar-refractivity contribution in [1.82, 2.24) is 0 Å². The third-order valence-electron chi connectivity index (χ3n) is 2.33. The average molecular weight is 252 g/mol. The van der Waals surface area contributed by atoms with Crippen LogP contribution in [0.25, 0.3) is 0 Å². The number of carbonyl (C=O) groups is 1. The van der Waals surface area contributed by atoms with Gasteiger partial charge in [0.15, 0.2) is 6.10 Å². The molecule has 1 aliphatic rings. The topological polar surface area (TPSA) is 96.2 Å². The van der Waals surface area contributed by atoms with Crippen LogP contribution >= 0.6 is 11.8 Å². The Bertz CT molecular complexity index is 248. The molecule has 94 valence electrons. The molecule has 6 nitrogen and oxygen atoms in total. The molecule has 1 saturated heterocycles. The van der Waals surface area contributed by atoms with Crippen LogP contribution in [0.2, 0.25) is 0 Å². The fourth-order valence-electron chi connectivity index (χ4n) is 1.46. The van der Waals surface area contributed by atoms with Crippen molar-refractivity contribution in [3.8, 4) is 0 Å². The first kappa shape index (κ1) is 13.7. The van der Waals surface area contributed by atoms with Crippen molar-refractivity contribution < 1.29 is 29.6 Å². The Balaban J connectivity index is 2.76. The van der Waals surface area contributed by atoms with Crippen molar-refractivity contribution in [1.29, 1.82) is 0 Å². The lowest BCUT2D eigenvalue weighted by Gasteiger charge is -2.38. The van der Waals surface area contributed by atoms with Crippen LogP contribution in [-0.4, -0.2) is 64.0 Å². The number of ether oxygens (including phenoxy) is 2. The van der Waals surface area contributed by atoms with Crippen molar-refractivity contribution in [2.75, 3.05) is 12.9 Å². The van der Waals surface area contributed by atoms with E-state index in [0.29, 0.717) is 5.75 Å². The van der Waals surface area contributed by atoms with Gasteiger partial charge in [0.05, 0.1) is 7.11 Å². The summed E-state index contributed by atoms with van der Waals surface area (Å²) in [7, 11) is 1.16. The zero-order valence-electron chi connectivity index (χ0n) is 9.07. The standard InChI is InChI=1S/C9H16O6S/c1-3-16-9-6(12)4(10)5(11)7(15-9)8(13)14-2/h4-7,9-12H,3H2,1-2H3/t4-,5-,6+,7-,9?/m0/s1. The van der Waals surface area contributed by atoms with Crippen molar-refractivity contribution in [2.24, 2.45) is 0 Å².